The number of ether oxygens (including phenoxy) is 1. The van der Waals surface area contributed by atoms with Crippen LogP contribution < -0.4 is 4.74 Å². The van der Waals surface area contributed by atoms with Crippen LogP contribution in [0.1, 0.15) is 23.3 Å². The van der Waals surface area contributed by atoms with E-state index in [4.69, 9.17) is 4.74 Å². The van der Waals surface area contributed by atoms with Crippen LogP contribution in [0, 0.1) is 5.92 Å². The Balaban J connectivity index is 1.79. The average molecular weight is 416 g/mol. The van der Waals surface area contributed by atoms with E-state index in [0.29, 0.717) is 26.2 Å². The SMILES string of the molecule is COc1ccccc1CN(Cc1cccs1)C(=O)[C@@H]1CCCN(C(=O)N(C)C)C1. The number of nitrogens with zero attached hydrogens (tertiary/aromatic N) is 3. The third-order valence-corrected chi connectivity index (χ3v) is 6.08. The Hall–Kier alpha value is -2.54. The molecule has 0 unspecified atom stereocenters. The van der Waals surface area contributed by atoms with Crippen LogP contribution in [0.15, 0.2) is 41.8 Å². The molecule has 6 nitrogen and oxygen atoms in total. The van der Waals surface area contributed by atoms with Crippen molar-refractivity contribution >= 4 is 23.3 Å². The number of carbonyl (C=O) groups excluding carboxylic acids is 2. The number of likely N-dealkylation sites (tertiary alicyclic amines) is 1. The topological polar surface area (TPSA) is 53.1 Å². The van der Waals surface area contributed by atoms with Gasteiger partial charge in [0.05, 0.1) is 19.6 Å². The standard InChI is InChI=1S/C22H29N3O3S/c1-23(2)22(27)24-12-6-9-18(15-24)21(26)25(16-19-10-7-13-29-19)14-17-8-4-5-11-20(17)28-3/h4-5,7-8,10-11,13,18H,6,9,12,14-16H2,1-3H3/t18-/m1/s1. The second-order valence-corrected chi connectivity index (χ2v) is 8.58. The van der Waals surface area contributed by atoms with E-state index in [0.717, 1.165) is 29.0 Å². The van der Waals surface area contributed by atoms with Gasteiger partial charge in [-0.2, -0.15) is 0 Å². The van der Waals surface area contributed by atoms with Crippen LogP contribution in [-0.2, 0) is 17.9 Å². The number of rotatable bonds is 6. The molecule has 0 spiro atoms. The van der Waals surface area contributed by atoms with Gasteiger partial charge in [0.1, 0.15) is 5.75 Å². The second kappa shape index (κ2) is 9.78. The highest BCUT2D eigenvalue weighted by Crippen LogP contribution is 2.26. The number of urea groups is 1. The van der Waals surface area contributed by atoms with Gasteiger partial charge in [-0.3, -0.25) is 4.79 Å². The molecule has 1 aliphatic heterocycles. The summed E-state index contributed by atoms with van der Waals surface area (Å²) < 4.78 is 5.49. The number of amides is 3. The van der Waals surface area contributed by atoms with Gasteiger partial charge in [0.25, 0.3) is 0 Å². The molecule has 0 bridgehead atoms. The molecular weight excluding hydrogens is 386 g/mol. The highest BCUT2D eigenvalue weighted by Gasteiger charge is 2.32. The van der Waals surface area contributed by atoms with Gasteiger partial charge in [-0.1, -0.05) is 24.3 Å². The summed E-state index contributed by atoms with van der Waals surface area (Å²) in [6.45, 7) is 2.23. The Morgan fingerprint density at radius 3 is 2.66 bits per heavy atom. The molecule has 156 valence electrons. The van der Waals surface area contributed by atoms with Crippen LogP contribution in [0.25, 0.3) is 0 Å². The zero-order chi connectivity index (χ0) is 20.8. The molecule has 1 aliphatic rings. The second-order valence-electron chi connectivity index (χ2n) is 7.55. The molecule has 0 N–H and O–H groups in total. The highest BCUT2D eigenvalue weighted by molar-refractivity contribution is 7.09. The molecule has 1 aromatic carbocycles. The molecule has 0 saturated carbocycles. The minimum Gasteiger partial charge on any atom is -0.496 e. The molecule has 29 heavy (non-hydrogen) atoms. The molecule has 0 radical (unpaired) electrons. The molecule has 2 aromatic rings. The van der Waals surface area contributed by atoms with E-state index in [-0.39, 0.29) is 17.9 Å². The van der Waals surface area contributed by atoms with Crippen molar-refractivity contribution in [1.82, 2.24) is 14.7 Å². The van der Waals surface area contributed by atoms with Gasteiger partial charge in [0, 0.05) is 44.2 Å². The van der Waals surface area contributed by atoms with E-state index in [1.165, 1.54) is 0 Å². The fourth-order valence-corrected chi connectivity index (χ4v) is 4.45. The first kappa shape index (κ1) is 21.2. The van der Waals surface area contributed by atoms with Crippen LogP contribution >= 0.6 is 11.3 Å². The predicted octanol–water partition coefficient (Wildman–Crippen LogP) is 3.68. The number of methoxy groups -OCH3 is 1. The summed E-state index contributed by atoms with van der Waals surface area (Å²) in [5, 5.41) is 2.03. The average Bonchev–Trinajstić information content (AvgIpc) is 3.25. The Kier molecular flexibility index (Phi) is 7.14. The summed E-state index contributed by atoms with van der Waals surface area (Å²) in [6.07, 6.45) is 1.65. The van der Waals surface area contributed by atoms with Crippen LogP contribution in [0.5, 0.6) is 5.75 Å². The van der Waals surface area contributed by atoms with Crippen LogP contribution in [-0.4, -0.2) is 60.9 Å². The smallest absolute Gasteiger partial charge is 0.319 e. The number of thiophene rings is 1. The summed E-state index contributed by atoms with van der Waals surface area (Å²) in [5.41, 5.74) is 0.983. The first-order chi connectivity index (χ1) is 14.0. The molecule has 0 aliphatic carbocycles. The first-order valence-electron chi connectivity index (χ1n) is 9.89. The maximum absolute atomic E-state index is 13.5. The van der Waals surface area contributed by atoms with Crippen LogP contribution in [0.4, 0.5) is 4.79 Å². The molecule has 3 rings (SSSR count). The molecule has 1 fully saturated rings. The van der Waals surface area contributed by atoms with Crippen molar-refractivity contribution in [3.05, 3.63) is 52.2 Å². The zero-order valence-corrected chi connectivity index (χ0v) is 18.2. The van der Waals surface area contributed by atoms with Crippen LogP contribution in [0.2, 0.25) is 0 Å². The number of benzene rings is 1. The first-order valence-corrected chi connectivity index (χ1v) is 10.8. The lowest BCUT2D eigenvalue weighted by atomic mass is 9.96. The number of carbonyl (C=O) groups is 2. The van der Waals surface area contributed by atoms with E-state index in [1.807, 2.05) is 40.6 Å². The van der Waals surface area contributed by atoms with Gasteiger partial charge in [0.15, 0.2) is 0 Å². The number of hydrogen-bond acceptors (Lipinski definition) is 4. The van der Waals surface area contributed by atoms with E-state index < -0.39 is 0 Å². The van der Waals surface area contributed by atoms with E-state index in [1.54, 1.807) is 42.3 Å². The van der Waals surface area contributed by atoms with E-state index >= 15 is 0 Å². The number of para-hydroxylation sites is 1. The largest absolute Gasteiger partial charge is 0.496 e. The van der Waals surface area contributed by atoms with E-state index in [2.05, 4.69) is 6.07 Å². The molecule has 3 amide bonds. The van der Waals surface area contributed by atoms with Gasteiger partial charge < -0.3 is 19.4 Å². The van der Waals surface area contributed by atoms with Crippen molar-refractivity contribution in [3.8, 4) is 5.75 Å². The fourth-order valence-electron chi connectivity index (χ4n) is 3.74. The normalized spacial score (nSPS) is 16.4. The Bertz CT molecular complexity index is 822. The summed E-state index contributed by atoms with van der Waals surface area (Å²) in [6, 6.07) is 11.8. The monoisotopic (exact) mass is 415 g/mol. The maximum atomic E-state index is 13.5. The highest BCUT2D eigenvalue weighted by atomic mass is 32.1. The summed E-state index contributed by atoms with van der Waals surface area (Å²) in [4.78, 5) is 32.3. The minimum absolute atomic E-state index is 0.0305. The van der Waals surface area contributed by atoms with Gasteiger partial charge in [-0.15, -0.1) is 11.3 Å². The molecule has 1 saturated heterocycles. The molecular formula is C22H29N3O3S. The lowest BCUT2D eigenvalue weighted by Gasteiger charge is -2.36. The summed E-state index contributed by atoms with van der Waals surface area (Å²) in [7, 11) is 5.15. The molecule has 2 heterocycles. The van der Waals surface area contributed by atoms with Crippen molar-refractivity contribution in [2.24, 2.45) is 5.92 Å². The molecule has 1 atom stereocenters. The lowest BCUT2D eigenvalue weighted by Crippen LogP contribution is -2.49. The van der Waals surface area contributed by atoms with Crippen molar-refractivity contribution in [2.75, 3.05) is 34.3 Å². The lowest BCUT2D eigenvalue weighted by molar-refractivity contribution is -0.138. The Morgan fingerprint density at radius 1 is 1.17 bits per heavy atom. The molecule has 7 heteroatoms. The van der Waals surface area contributed by atoms with Crippen molar-refractivity contribution in [2.45, 2.75) is 25.9 Å². The zero-order valence-electron chi connectivity index (χ0n) is 17.3. The summed E-state index contributed by atoms with van der Waals surface area (Å²) in [5.74, 6) is 0.701. The van der Waals surface area contributed by atoms with Crippen LogP contribution in [0.3, 0.4) is 0 Å². The van der Waals surface area contributed by atoms with E-state index in [9.17, 15) is 9.59 Å². The number of piperidine rings is 1. The van der Waals surface area contributed by atoms with Crippen molar-refractivity contribution < 1.29 is 14.3 Å². The fraction of sp³-hybridized carbons (Fsp3) is 0.455. The Morgan fingerprint density at radius 2 is 1.97 bits per heavy atom. The number of hydrogen-bond donors (Lipinski definition) is 0. The van der Waals surface area contributed by atoms with Crippen molar-refractivity contribution in [1.29, 1.82) is 0 Å². The third-order valence-electron chi connectivity index (χ3n) is 5.22. The van der Waals surface area contributed by atoms with Gasteiger partial charge in [-0.05, 0) is 30.4 Å². The minimum atomic E-state index is -0.178. The summed E-state index contributed by atoms with van der Waals surface area (Å²) >= 11 is 1.65. The Labute approximate surface area is 176 Å². The molecule has 1 aromatic heterocycles. The van der Waals surface area contributed by atoms with Crippen molar-refractivity contribution in [3.63, 3.8) is 0 Å². The van der Waals surface area contributed by atoms with Gasteiger partial charge in [-0.25, -0.2) is 4.79 Å². The van der Waals surface area contributed by atoms with Gasteiger partial charge in [0.2, 0.25) is 5.91 Å². The predicted molar refractivity (Wildman–Crippen MR) is 115 cm³/mol. The maximum Gasteiger partial charge on any atom is 0.319 e. The van der Waals surface area contributed by atoms with Gasteiger partial charge >= 0.3 is 6.03 Å². The quantitative estimate of drug-likeness (QED) is 0.723. The third kappa shape index (κ3) is 5.29.